The number of imide groups is 2. The molecule has 0 aromatic heterocycles. The molecule has 2 aliphatic heterocycles. The number of rotatable bonds is 5. The molecule has 0 spiro atoms. The lowest BCUT2D eigenvalue weighted by atomic mass is 9.49. The molecule has 2 aliphatic carbocycles. The number of phenols is 1. The Labute approximate surface area is 309 Å². The Kier molecular flexibility index (Phi) is 8.08. The van der Waals surface area contributed by atoms with E-state index in [2.05, 4.69) is 5.43 Å². The zero-order chi connectivity index (χ0) is 36.8. The van der Waals surface area contributed by atoms with E-state index >= 15 is 4.79 Å². The fraction of sp³-hybridized carbons (Fsp3) is 0.268. The van der Waals surface area contributed by atoms with Crippen molar-refractivity contribution in [3.05, 3.63) is 134 Å². The molecule has 4 aromatic carbocycles. The summed E-state index contributed by atoms with van der Waals surface area (Å²) in [5, 5.41) is 12.7. The smallest absolute Gasteiger partial charge is 0.260 e. The molecule has 2 heterocycles. The van der Waals surface area contributed by atoms with Crippen LogP contribution in [0.15, 0.2) is 90.5 Å². The Hall–Kier alpha value is -4.99. The third-order valence-corrected chi connectivity index (χ3v) is 12.2. The number of carbonyl (C=O) groups excluding carboxylic acids is 4. The van der Waals surface area contributed by atoms with Crippen molar-refractivity contribution in [3.8, 4) is 5.75 Å². The lowest BCUT2D eigenvalue weighted by Crippen LogP contribution is -2.53. The summed E-state index contributed by atoms with van der Waals surface area (Å²) in [6.07, 6.45) is 2.34. The molecule has 264 valence electrons. The monoisotopic (exact) mass is 737 g/mol. The molecule has 6 unspecified atom stereocenters. The molecule has 8 nitrogen and oxygen atoms in total. The molecule has 11 heteroatoms. The number of nitrogens with one attached hydrogen (secondary N) is 1. The zero-order valence-corrected chi connectivity index (χ0v) is 30.0. The van der Waals surface area contributed by atoms with Gasteiger partial charge in [-0.05, 0) is 116 Å². The van der Waals surface area contributed by atoms with Gasteiger partial charge in [0.05, 0.1) is 34.5 Å². The molecule has 8 rings (SSSR count). The van der Waals surface area contributed by atoms with E-state index < -0.39 is 52.6 Å². The molecule has 4 amide bonds. The maximum atomic E-state index is 15.3. The molecule has 1 saturated carbocycles. The van der Waals surface area contributed by atoms with Crippen LogP contribution in [0.5, 0.6) is 5.75 Å². The summed E-state index contributed by atoms with van der Waals surface area (Å²) in [5.74, 6) is -5.91. The van der Waals surface area contributed by atoms with Crippen molar-refractivity contribution >= 4 is 58.2 Å². The third-order valence-electron chi connectivity index (χ3n) is 11.5. The van der Waals surface area contributed by atoms with Crippen LogP contribution in [0.25, 0.3) is 0 Å². The number of halogens is 3. The van der Waals surface area contributed by atoms with Gasteiger partial charge in [0, 0.05) is 16.0 Å². The Morgan fingerprint density at radius 3 is 2.13 bits per heavy atom. The number of nitrogens with zero attached hydrogens (tertiary/aromatic N) is 2. The summed E-state index contributed by atoms with van der Waals surface area (Å²) in [5.41, 5.74) is 6.16. The van der Waals surface area contributed by atoms with E-state index in [0.717, 1.165) is 16.1 Å². The zero-order valence-electron chi connectivity index (χ0n) is 28.5. The second-order valence-electron chi connectivity index (χ2n) is 14.3. The molecule has 52 heavy (non-hydrogen) atoms. The number of allylic oxidation sites excluding steroid dienone is 2. The first-order valence-corrected chi connectivity index (χ1v) is 17.9. The van der Waals surface area contributed by atoms with Crippen LogP contribution < -0.4 is 10.3 Å². The number of fused-ring (bicyclic) bond motifs is 4. The predicted octanol–water partition coefficient (Wildman–Crippen LogP) is 7.95. The Morgan fingerprint density at radius 2 is 1.48 bits per heavy atom. The summed E-state index contributed by atoms with van der Waals surface area (Å²) < 4.78 is 13.9. The SMILES string of the molecule is Cc1ccc(N2C(=O)C3CC=C4C(CC5C(=O)N(Nc6ccc(F)cc6)C(=O)C5(c5ccc(Cl)cc5)C4c4cc(C)c(O)c(C)c4)C3C2=O)cc1Cl. The lowest BCUT2D eigenvalue weighted by Gasteiger charge is -2.50. The van der Waals surface area contributed by atoms with E-state index in [4.69, 9.17) is 23.2 Å². The quantitative estimate of drug-likeness (QED) is 0.159. The highest BCUT2D eigenvalue weighted by Crippen LogP contribution is 2.64. The number of amides is 4. The molecule has 0 bridgehead atoms. The number of aryl methyl sites for hydroxylation is 3. The van der Waals surface area contributed by atoms with Crippen LogP contribution in [0.3, 0.4) is 0 Å². The first-order chi connectivity index (χ1) is 24.8. The van der Waals surface area contributed by atoms with Gasteiger partial charge < -0.3 is 5.11 Å². The molecular formula is C41H34Cl2FN3O5. The molecule has 3 fully saturated rings. The number of hydrogen-bond acceptors (Lipinski definition) is 6. The summed E-state index contributed by atoms with van der Waals surface area (Å²) in [4.78, 5) is 59.9. The fourth-order valence-electron chi connectivity index (χ4n) is 9.16. The molecule has 2 N–H and O–H groups in total. The average molecular weight is 739 g/mol. The van der Waals surface area contributed by atoms with Crippen molar-refractivity contribution in [1.29, 1.82) is 0 Å². The van der Waals surface area contributed by atoms with Crippen LogP contribution in [0, 0.1) is 50.3 Å². The van der Waals surface area contributed by atoms with Crippen molar-refractivity contribution in [2.24, 2.45) is 23.7 Å². The number of carbonyl (C=O) groups is 4. The van der Waals surface area contributed by atoms with Gasteiger partial charge in [-0.25, -0.2) is 9.29 Å². The topological polar surface area (TPSA) is 107 Å². The van der Waals surface area contributed by atoms with Crippen molar-refractivity contribution in [1.82, 2.24) is 5.01 Å². The van der Waals surface area contributed by atoms with Crippen LogP contribution in [0.4, 0.5) is 15.8 Å². The van der Waals surface area contributed by atoms with Crippen LogP contribution in [0.1, 0.15) is 46.6 Å². The standard InChI is InChI=1S/C41H34Cl2FN3O5/c1-20-4-13-28(18-33(20)43)46-37(49)30-15-14-29-31(34(30)39(46)51)19-32-38(50)47(45-27-11-9-26(44)10-12-27)40(52)41(32,24-5-7-25(42)8-6-24)35(29)23-16-21(2)36(48)22(3)17-23/h4-14,16-18,30-32,34-35,45,48H,15,19H2,1-3H3. The Balaban J connectivity index is 1.33. The van der Waals surface area contributed by atoms with Crippen LogP contribution in [-0.2, 0) is 24.6 Å². The van der Waals surface area contributed by atoms with Gasteiger partial charge in [0.15, 0.2) is 0 Å². The van der Waals surface area contributed by atoms with E-state index in [0.29, 0.717) is 43.7 Å². The summed E-state index contributed by atoms with van der Waals surface area (Å²) in [7, 11) is 0. The van der Waals surface area contributed by atoms with E-state index in [-0.39, 0.29) is 30.4 Å². The molecule has 4 aliphatic rings. The number of anilines is 2. The summed E-state index contributed by atoms with van der Waals surface area (Å²) in [6, 6.07) is 21.0. The van der Waals surface area contributed by atoms with Crippen molar-refractivity contribution in [3.63, 3.8) is 0 Å². The maximum absolute atomic E-state index is 15.3. The largest absolute Gasteiger partial charge is 0.507 e. The van der Waals surface area contributed by atoms with Crippen LogP contribution >= 0.6 is 23.2 Å². The van der Waals surface area contributed by atoms with Crippen molar-refractivity contribution < 1.29 is 28.7 Å². The van der Waals surface area contributed by atoms with Crippen LogP contribution in [0.2, 0.25) is 10.0 Å². The van der Waals surface area contributed by atoms with Gasteiger partial charge in [-0.2, -0.15) is 5.01 Å². The molecule has 0 radical (unpaired) electrons. The predicted molar refractivity (Wildman–Crippen MR) is 195 cm³/mol. The normalized spacial score (nSPS) is 26.7. The van der Waals surface area contributed by atoms with Crippen LogP contribution in [-0.4, -0.2) is 33.7 Å². The highest BCUT2D eigenvalue weighted by Gasteiger charge is 2.70. The molecular weight excluding hydrogens is 704 g/mol. The van der Waals surface area contributed by atoms with Crippen molar-refractivity contribution in [2.75, 3.05) is 10.3 Å². The Bertz CT molecular complexity index is 2220. The molecule has 4 aromatic rings. The second kappa shape index (κ2) is 12.3. The summed E-state index contributed by atoms with van der Waals surface area (Å²) in [6.45, 7) is 5.39. The third kappa shape index (κ3) is 4.93. The first-order valence-electron chi connectivity index (χ1n) is 17.1. The van der Waals surface area contributed by atoms with Gasteiger partial charge in [0.25, 0.3) is 11.8 Å². The van der Waals surface area contributed by atoms with Gasteiger partial charge in [0.2, 0.25) is 11.8 Å². The summed E-state index contributed by atoms with van der Waals surface area (Å²) >= 11 is 12.8. The highest BCUT2D eigenvalue weighted by atomic mass is 35.5. The van der Waals surface area contributed by atoms with E-state index in [1.165, 1.54) is 29.2 Å². The van der Waals surface area contributed by atoms with Gasteiger partial charge in [-0.3, -0.25) is 24.6 Å². The average Bonchev–Trinajstić information content (AvgIpc) is 3.50. The highest BCUT2D eigenvalue weighted by molar-refractivity contribution is 6.32. The number of benzene rings is 4. The lowest BCUT2D eigenvalue weighted by molar-refractivity contribution is -0.138. The number of hydrazine groups is 1. The number of phenolic OH excluding ortho intramolecular Hbond substituents is 1. The number of aromatic hydroxyl groups is 1. The van der Waals surface area contributed by atoms with Gasteiger partial charge in [-0.15, -0.1) is 0 Å². The van der Waals surface area contributed by atoms with E-state index in [1.54, 1.807) is 56.3 Å². The minimum Gasteiger partial charge on any atom is -0.507 e. The van der Waals surface area contributed by atoms with Gasteiger partial charge in [-0.1, -0.05) is 65.2 Å². The molecule has 6 atom stereocenters. The minimum absolute atomic E-state index is 0.107. The van der Waals surface area contributed by atoms with E-state index in [9.17, 15) is 23.9 Å². The van der Waals surface area contributed by atoms with Crippen molar-refractivity contribution in [2.45, 2.75) is 44.9 Å². The fourth-order valence-corrected chi connectivity index (χ4v) is 9.46. The first kappa shape index (κ1) is 34.1. The minimum atomic E-state index is -1.52. The van der Waals surface area contributed by atoms with Gasteiger partial charge in [0.1, 0.15) is 11.6 Å². The maximum Gasteiger partial charge on any atom is 0.260 e. The Morgan fingerprint density at radius 1 is 0.808 bits per heavy atom. The van der Waals surface area contributed by atoms with Gasteiger partial charge >= 0.3 is 0 Å². The second-order valence-corrected chi connectivity index (χ2v) is 15.2. The van der Waals surface area contributed by atoms with E-state index in [1.807, 2.05) is 25.1 Å². The molecule has 2 saturated heterocycles. The number of hydrogen-bond donors (Lipinski definition) is 2.